The Morgan fingerprint density at radius 2 is 1.90 bits per heavy atom. The van der Waals surface area contributed by atoms with Crippen LogP contribution < -0.4 is 10.2 Å². The molecule has 0 aromatic carbocycles. The zero-order valence-electron chi connectivity index (χ0n) is 15.8. The van der Waals surface area contributed by atoms with E-state index in [1.54, 1.807) is 41.7 Å². The Balaban J connectivity index is 1.30. The van der Waals surface area contributed by atoms with Gasteiger partial charge in [0.2, 0.25) is 0 Å². The molecule has 1 aliphatic rings. The molecule has 1 saturated heterocycles. The van der Waals surface area contributed by atoms with E-state index in [2.05, 4.69) is 20.2 Å². The molecule has 3 aromatic rings. The first kappa shape index (κ1) is 18.7. The van der Waals surface area contributed by atoms with Gasteiger partial charge in [0.1, 0.15) is 5.82 Å². The number of rotatable bonds is 5. The molecule has 1 aliphatic heterocycles. The molecule has 3 aromatic heterocycles. The van der Waals surface area contributed by atoms with Gasteiger partial charge < -0.3 is 19.5 Å². The second-order valence-corrected chi connectivity index (χ2v) is 6.71. The summed E-state index contributed by atoms with van der Waals surface area (Å²) >= 11 is 0. The first-order chi connectivity index (χ1) is 14.2. The summed E-state index contributed by atoms with van der Waals surface area (Å²) < 4.78 is 5.19. The number of pyridine rings is 2. The van der Waals surface area contributed by atoms with E-state index >= 15 is 0 Å². The zero-order valence-corrected chi connectivity index (χ0v) is 15.8. The molecule has 1 fully saturated rings. The van der Waals surface area contributed by atoms with Crippen molar-refractivity contribution < 1.29 is 14.0 Å². The van der Waals surface area contributed by atoms with Crippen LogP contribution >= 0.6 is 0 Å². The lowest BCUT2D eigenvalue weighted by molar-refractivity contribution is 0.0714. The second kappa shape index (κ2) is 8.55. The average Bonchev–Trinajstić information content (AvgIpc) is 3.33. The number of furan rings is 1. The maximum absolute atomic E-state index is 12.3. The summed E-state index contributed by atoms with van der Waals surface area (Å²) in [5.74, 6) is 0.877. The van der Waals surface area contributed by atoms with E-state index < -0.39 is 0 Å². The van der Waals surface area contributed by atoms with Crippen LogP contribution in [0.4, 0.5) is 5.82 Å². The number of piperazine rings is 1. The maximum atomic E-state index is 12.3. The third-order valence-electron chi connectivity index (χ3n) is 4.81. The minimum Gasteiger partial charge on any atom is -0.459 e. The summed E-state index contributed by atoms with van der Waals surface area (Å²) in [6, 6.07) is 10.7. The van der Waals surface area contributed by atoms with Gasteiger partial charge in [-0.25, -0.2) is 4.98 Å². The van der Waals surface area contributed by atoms with Crippen LogP contribution in [0.5, 0.6) is 0 Å². The number of anilines is 1. The van der Waals surface area contributed by atoms with E-state index in [9.17, 15) is 9.59 Å². The fourth-order valence-corrected chi connectivity index (χ4v) is 3.19. The van der Waals surface area contributed by atoms with Crippen LogP contribution in [-0.2, 0) is 6.54 Å². The standard InChI is InChI=1S/C21H21N5O3/c27-20(24-14-16-3-1-7-22-13-16)17-5-6-19(23-15-17)25-8-10-26(11-9-25)21(28)18-4-2-12-29-18/h1-7,12-13,15H,8-11,14H2,(H,24,27). The Bertz CT molecular complexity index is 950. The molecule has 0 atom stereocenters. The van der Waals surface area contributed by atoms with Gasteiger partial charge in [0.05, 0.1) is 11.8 Å². The lowest BCUT2D eigenvalue weighted by atomic mass is 10.2. The molecule has 0 unspecified atom stereocenters. The highest BCUT2D eigenvalue weighted by atomic mass is 16.3. The number of carbonyl (C=O) groups is 2. The Morgan fingerprint density at radius 1 is 1.03 bits per heavy atom. The number of hydrogen-bond acceptors (Lipinski definition) is 6. The summed E-state index contributed by atoms with van der Waals surface area (Å²) in [6.07, 6.45) is 6.49. The van der Waals surface area contributed by atoms with Gasteiger partial charge in [0, 0.05) is 51.3 Å². The van der Waals surface area contributed by atoms with E-state index in [1.165, 1.54) is 6.26 Å². The van der Waals surface area contributed by atoms with Gasteiger partial charge in [-0.2, -0.15) is 0 Å². The number of aromatic nitrogens is 2. The van der Waals surface area contributed by atoms with Crippen molar-refractivity contribution >= 4 is 17.6 Å². The summed E-state index contributed by atoms with van der Waals surface area (Å²) in [5, 5.41) is 2.86. The van der Waals surface area contributed by atoms with Crippen LogP contribution in [0.15, 0.2) is 65.7 Å². The van der Waals surface area contributed by atoms with Gasteiger partial charge >= 0.3 is 0 Å². The van der Waals surface area contributed by atoms with Crippen LogP contribution in [0.2, 0.25) is 0 Å². The van der Waals surface area contributed by atoms with Crippen molar-refractivity contribution in [3.63, 3.8) is 0 Å². The van der Waals surface area contributed by atoms with Gasteiger partial charge in [-0.3, -0.25) is 14.6 Å². The number of hydrogen-bond donors (Lipinski definition) is 1. The van der Waals surface area contributed by atoms with Crippen LogP contribution in [0.3, 0.4) is 0 Å². The molecule has 0 spiro atoms. The van der Waals surface area contributed by atoms with E-state index in [4.69, 9.17) is 4.42 Å². The molecule has 0 saturated carbocycles. The van der Waals surface area contributed by atoms with Crippen molar-refractivity contribution in [2.45, 2.75) is 6.54 Å². The molecule has 1 N–H and O–H groups in total. The smallest absolute Gasteiger partial charge is 0.289 e. The lowest BCUT2D eigenvalue weighted by Gasteiger charge is -2.35. The van der Waals surface area contributed by atoms with Crippen LogP contribution in [0.1, 0.15) is 26.5 Å². The molecule has 148 valence electrons. The predicted molar refractivity (Wildman–Crippen MR) is 106 cm³/mol. The van der Waals surface area contributed by atoms with E-state index in [-0.39, 0.29) is 11.8 Å². The van der Waals surface area contributed by atoms with E-state index in [1.807, 2.05) is 18.2 Å². The molecule has 29 heavy (non-hydrogen) atoms. The topological polar surface area (TPSA) is 91.6 Å². The summed E-state index contributed by atoms with van der Waals surface area (Å²) in [6.45, 7) is 2.95. The van der Waals surface area contributed by atoms with Crippen molar-refractivity contribution in [3.8, 4) is 0 Å². The minimum absolute atomic E-state index is 0.0942. The molecule has 4 rings (SSSR count). The SMILES string of the molecule is O=C(NCc1cccnc1)c1ccc(N2CCN(C(=O)c3ccco3)CC2)nc1. The summed E-state index contributed by atoms with van der Waals surface area (Å²) in [7, 11) is 0. The highest BCUT2D eigenvalue weighted by Gasteiger charge is 2.24. The van der Waals surface area contributed by atoms with Crippen molar-refractivity contribution in [2.75, 3.05) is 31.1 Å². The molecular formula is C21H21N5O3. The van der Waals surface area contributed by atoms with Crippen molar-refractivity contribution in [2.24, 2.45) is 0 Å². The molecule has 4 heterocycles. The molecule has 0 aliphatic carbocycles. The van der Waals surface area contributed by atoms with E-state index in [0.29, 0.717) is 44.0 Å². The molecule has 2 amide bonds. The van der Waals surface area contributed by atoms with Crippen LogP contribution in [-0.4, -0.2) is 52.9 Å². The summed E-state index contributed by atoms with van der Waals surface area (Å²) in [5.41, 5.74) is 1.44. The average molecular weight is 391 g/mol. The number of carbonyl (C=O) groups excluding carboxylic acids is 2. The third-order valence-corrected chi connectivity index (χ3v) is 4.81. The molecule has 8 nitrogen and oxygen atoms in total. The Hall–Kier alpha value is -3.68. The number of amides is 2. The summed E-state index contributed by atoms with van der Waals surface area (Å²) in [4.78, 5) is 37.0. The van der Waals surface area contributed by atoms with Crippen molar-refractivity contribution in [3.05, 3.63) is 78.1 Å². The monoisotopic (exact) mass is 391 g/mol. The highest BCUT2D eigenvalue weighted by Crippen LogP contribution is 2.16. The molecule has 8 heteroatoms. The highest BCUT2D eigenvalue weighted by molar-refractivity contribution is 5.94. The first-order valence-electron chi connectivity index (χ1n) is 9.41. The fourth-order valence-electron chi connectivity index (χ4n) is 3.19. The minimum atomic E-state index is -0.179. The van der Waals surface area contributed by atoms with Gasteiger partial charge in [0.15, 0.2) is 5.76 Å². The van der Waals surface area contributed by atoms with Crippen molar-refractivity contribution in [1.29, 1.82) is 0 Å². The maximum Gasteiger partial charge on any atom is 0.289 e. The van der Waals surface area contributed by atoms with Crippen molar-refractivity contribution in [1.82, 2.24) is 20.2 Å². The Morgan fingerprint density at radius 3 is 2.55 bits per heavy atom. The van der Waals surface area contributed by atoms with Gasteiger partial charge in [-0.1, -0.05) is 6.07 Å². The van der Waals surface area contributed by atoms with Gasteiger partial charge in [-0.15, -0.1) is 0 Å². The molecule has 0 radical (unpaired) electrons. The fraction of sp³-hybridized carbons (Fsp3) is 0.238. The van der Waals surface area contributed by atoms with Crippen LogP contribution in [0, 0.1) is 0 Å². The first-order valence-corrected chi connectivity index (χ1v) is 9.41. The second-order valence-electron chi connectivity index (χ2n) is 6.71. The van der Waals surface area contributed by atoms with E-state index in [0.717, 1.165) is 11.4 Å². The third kappa shape index (κ3) is 4.43. The van der Waals surface area contributed by atoms with Crippen LogP contribution in [0.25, 0.3) is 0 Å². The zero-order chi connectivity index (χ0) is 20.1. The predicted octanol–water partition coefficient (Wildman–Crippen LogP) is 1.96. The Labute approximate surface area is 168 Å². The number of nitrogens with one attached hydrogen (secondary N) is 1. The Kier molecular flexibility index (Phi) is 5.51. The molecule has 0 bridgehead atoms. The normalized spacial score (nSPS) is 13.9. The molecular weight excluding hydrogens is 370 g/mol. The van der Waals surface area contributed by atoms with Gasteiger partial charge in [0.25, 0.3) is 11.8 Å². The number of nitrogens with zero attached hydrogens (tertiary/aromatic N) is 4. The largest absolute Gasteiger partial charge is 0.459 e. The van der Waals surface area contributed by atoms with Gasteiger partial charge in [-0.05, 0) is 35.9 Å². The lowest BCUT2D eigenvalue weighted by Crippen LogP contribution is -2.49. The quantitative estimate of drug-likeness (QED) is 0.715.